The van der Waals surface area contributed by atoms with Crippen LogP contribution >= 0.6 is 11.3 Å². The average Bonchev–Trinajstić information content (AvgIpc) is 3.32. The molecule has 0 fully saturated rings. The molecule has 5 rings (SSSR count). The molecule has 0 saturated carbocycles. The van der Waals surface area contributed by atoms with Crippen molar-refractivity contribution >= 4 is 40.1 Å². The quantitative estimate of drug-likeness (QED) is 0.167. The van der Waals surface area contributed by atoms with Gasteiger partial charge >= 0.3 is 5.97 Å². The van der Waals surface area contributed by atoms with Gasteiger partial charge in [-0.05, 0) is 97.5 Å². The predicted molar refractivity (Wildman–Crippen MR) is 147 cm³/mol. The van der Waals surface area contributed by atoms with Crippen LogP contribution in [0.4, 0.5) is 10.7 Å². The highest BCUT2D eigenvalue weighted by atomic mass is 32.1. The van der Waals surface area contributed by atoms with Crippen molar-refractivity contribution in [2.24, 2.45) is 4.99 Å². The number of aliphatic imine (C=N–C) groups is 1. The summed E-state index contributed by atoms with van der Waals surface area (Å²) < 4.78 is 10.6. The number of hydrogen-bond donors (Lipinski definition) is 1. The van der Waals surface area contributed by atoms with E-state index in [2.05, 4.69) is 5.32 Å². The summed E-state index contributed by atoms with van der Waals surface area (Å²) in [6.07, 6.45) is 5.83. The van der Waals surface area contributed by atoms with Crippen LogP contribution in [-0.4, -0.2) is 25.2 Å². The number of carbonyl (C=O) groups excluding carboxylic acids is 2. The number of nitrogens with one attached hydrogen (secondary N) is 1. The first kappa shape index (κ1) is 24.5. The molecule has 0 bridgehead atoms. The Balaban J connectivity index is 1.31. The summed E-state index contributed by atoms with van der Waals surface area (Å²) in [6, 6.07) is 23.3. The lowest BCUT2D eigenvalue weighted by molar-refractivity contribution is 0.0734. The van der Waals surface area contributed by atoms with E-state index in [4.69, 9.17) is 14.5 Å². The molecular weight excluding hydrogens is 484 g/mol. The highest BCUT2D eigenvalue weighted by Crippen LogP contribution is 2.40. The zero-order valence-electron chi connectivity index (χ0n) is 20.4. The number of thiophene rings is 1. The van der Waals surface area contributed by atoms with Crippen molar-refractivity contribution in [2.75, 3.05) is 12.4 Å². The first-order valence-electron chi connectivity index (χ1n) is 12.1. The molecule has 0 aliphatic heterocycles. The molecule has 7 heteroatoms. The Morgan fingerprint density at radius 3 is 2.32 bits per heavy atom. The SMILES string of the molecule is COc1ccc(C(=O)Oc2ccc(/C=N/c3sc4c(c3C(=O)Nc3ccccc3)CCCC4)cc2)cc1. The van der Waals surface area contributed by atoms with E-state index >= 15 is 0 Å². The largest absolute Gasteiger partial charge is 0.497 e. The molecule has 37 heavy (non-hydrogen) atoms. The summed E-state index contributed by atoms with van der Waals surface area (Å²) in [5, 5.41) is 3.73. The topological polar surface area (TPSA) is 77.0 Å². The molecule has 0 unspecified atom stereocenters. The number of hydrogen-bond acceptors (Lipinski definition) is 6. The summed E-state index contributed by atoms with van der Waals surface area (Å²) in [5.41, 5.74) is 3.83. The Hall–Kier alpha value is -4.23. The second-order valence-corrected chi connectivity index (χ2v) is 9.74. The van der Waals surface area contributed by atoms with Crippen LogP contribution in [0.2, 0.25) is 0 Å². The Kier molecular flexibility index (Phi) is 7.42. The second-order valence-electron chi connectivity index (χ2n) is 8.66. The minimum Gasteiger partial charge on any atom is -0.497 e. The number of amides is 1. The van der Waals surface area contributed by atoms with Gasteiger partial charge in [0.05, 0.1) is 18.2 Å². The van der Waals surface area contributed by atoms with Crippen LogP contribution in [0.25, 0.3) is 0 Å². The fourth-order valence-corrected chi connectivity index (χ4v) is 5.47. The third kappa shape index (κ3) is 5.78. The standard InChI is InChI=1S/C30H26N2O4S/c1-35-23-17-13-21(14-18-23)30(34)36-24-15-11-20(12-16-24)19-31-29-27(25-9-5-6-10-26(25)37-29)28(33)32-22-7-3-2-4-8-22/h2-4,7-8,11-19H,5-6,9-10H2,1H3,(H,32,33)/b31-19+. The Morgan fingerprint density at radius 2 is 1.59 bits per heavy atom. The van der Waals surface area contributed by atoms with E-state index in [0.717, 1.165) is 47.5 Å². The summed E-state index contributed by atoms with van der Waals surface area (Å²) in [6.45, 7) is 0. The van der Waals surface area contributed by atoms with Crippen LogP contribution in [0, 0.1) is 0 Å². The van der Waals surface area contributed by atoms with Gasteiger partial charge in [-0.15, -0.1) is 11.3 Å². The molecule has 1 aliphatic carbocycles. The first-order valence-corrected chi connectivity index (χ1v) is 12.9. The fraction of sp³-hybridized carbons (Fsp3) is 0.167. The number of benzene rings is 3. The number of anilines is 1. The van der Waals surface area contributed by atoms with Gasteiger partial charge in [0.15, 0.2) is 0 Å². The van der Waals surface area contributed by atoms with Crippen molar-refractivity contribution in [3.63, 3.8) is 0 Å². The van der Waals surface area contributed by atoms with E-state index in [-0.39, 0.29) is 5.91 Å². The number of para-hydroxylation sites is 1. The maximum absolute atomic E-state index is 13.2. The van der Waals surface area contributed by atoms with Gasteiger partial charge in [0, 0.05) is 16.8 Å². The summed E-state index contributed by atoms with van der Waals surface area (Å²) >= 11 is 1.59. The van der Waals surface area contributed by atoms with E-state index in [0.29, 0.717) is 22.6 Å². The van der Waals surface area contributed by atoms with E-state index in [1.165, 1.54) is 4.88 Å². The normalized spacial score (nSPS) is 12.7. The van der Waals surface area contributed by atoms with Crippen molar-refractivity contribution < 1.29 is 19.1 Å². The van der Waals surface area contributed by atoms with Crippen LogP contribution in [0.15, 0.2) is 83.9 Å². The zero-order valence-corrected chi connectivity index (χ0v) is 21.2. The third-order valence-electron chi connectivity index (χ3n) is 6.16. The van der Waals surface area contributed by atoms with Crippen LogP contribution in [0.3, 0.4) is 0 Å². The van der Waals surface area contributed by atoms with Gasteiger partial charge in [0.25, 0.3) is 5.91 Å². The number of nitrogens with zero attached hydrogens (tertiary/aromatic N) is 1. The van der Waals surface area contributed by atoms with E-state index < -0.39 is 5.97 Å². The van der Waals surface area contributed by atoms with Gasteiger partial charge in [-0.1, -0.05) is 18.2 Å². The zero-order chi connectivity index (χ0) is 25.6. The summed E-state index contributed by atoms with van der Waals surface area (Å²) in [5.74, 6) is 0.542. The second kappa shape index (κ2) is 11.2. The molecule has 186 valence electrons. The lowest BCUT2D eigenvalue weighted by Crippen LogP contribution is -2.14. The molecule has 0 atom stereocenters. The molecule has 0 radical (unpaired) electrons. The predicted octanol–water partition coefficient (Wildman–Crippen LogP) is 6.86. The van der Waals surface area contributed by atoms with Crippen molar-refractivity contribution in [1.82, 2.24) is 0 Å². The monoisotopic (exact) mass is 510 g/mol. The van der Waals surface area contributed by atoms with E-state index in [1.54, 1.807) is 61.1 Å². The smallest absolute Gasteiger partial charge is 0.343 e. The molecule has 0 spiro atoms. The summed E-state index contributed by atoms with van der Waals surface area (Å²) in [7, 11) is 1.57. The molecule has 1 aromatic heterocycles. The molecular formula is C30H26N2O4S. The number of methoxy groups -OCH3 is 1. The van der Waals surface area contributed by atoms with Crippen LogP contribution in [-0.2, 0) is 12.8 Å². The van der Waals surface area contributed by atoms with Gasteiger partial charge in [-0.25, -0.2) is 9.79 Å². The number of fused-ring (bicyclic) bond motifs is 1. The molecule has 4 aromatic rings. The molecule has 6 nitrogen and oxygen atoms in total. The van der Waals surface area contributed by atoms with Crippen molar-refractivity contribution in [3.8, 4) is 11.5 Å². The van der Waals surface area contributed by atoms with Crippen molar-refractivity contribution in [3.05, 3.63) is 106 Å². The third-order valence-corrected chi connectivity index (χ3v) is 7.36. The molecule has 3 aromatic carbocycles. The Bertz CT molecular complexity index is 1430. The van der Waals surface area contributed by atoms with Gasteiger partial charge in [-0.2, -0.15) is 0 Å². The Morgan fingerprint density at radius 1 is 0.892 bits per heavy atom. The van der Waals surface area contributed by atoms with Crippen molar-refractivity contribution in [1.29, 1.82) is 0 Å². The maximum atomic E-state index is 13.2. The molecule has 1 amide bonds. The molecule has 1 aliphatic rings. The highest BCUT2D eigenvalue weighted by molar-refractivity contribution is 7.16. The minimum absolute atomic E-state index is 0.126. The first-order chi connectivity index (χ1) is 18.1. The lowest BCUT2D eigenvalue weighted by atomic mass is 9.95. The van der Waals surface area contributed by atoms with Crippen LogP contribution in [0.5, 0.6) is 11.5 Å². The number of rotatable bonds is 7. The van der Waals surface area contributed by atoms with Crippen LogP contribution < -0.4 is 14.8 Å². The average molecular weight is 511 g/mol. The molecule has 1 heterocycles. The lowest BCUT2D eigenvalue weighted by Gasteiger charge is -2.12. The Labute approximate surface area is 219 Å². The fourth-order valence-electron chi connectivity index (χ4n) is 4.24. The van der Waals surface area contributed by atoms with E-state index in [9.17, 15) is 9.59 Å². The molecule has 0 saturated heterocycles. The van der Waals surface area contributed by atoms with E-state index in [1.807, 2.05) is 42.5 Å². The van der Waals surface area contributed by atoms with Gasteiger partial charge < -0.3 is 14.8 Å². The number of ether oxygens (including phenoxy) is 2. The number of aryl methyl sites for hydroxylation is 1. The highest BCUT2D eigenvalue weighted by Gasteiger charge is 2.25. The van der Waals surface area contributed by atoms with Crippen molar-refractivity contribution in [2.45, 2.75) is 25.7 Å². The van der Waals surface area contributed by atoms with Crippen LogP contribution in [0.1, 0.15) is 49.6 Å². The van der Waals surface area contributed by atoms with Gasteiger partial charge in [-0.3, -0.25) is 4.79 Å². The number of esters is 1. The molecule has 1 N–H and O–H groups in total. The maximum Gasteiger partial charge on any atom is 0.343 e. The number of carbonyl (C=O) groups is 2. The van der Waals surface area contributed by atoms with Gasteiger partial charge in [0.2, 0.25) is 0 Å². The summed E-state index contributed by atoms with van der Waals surface area (Å²) in [4.78, 5) is 31.6. The minimum atomic E-state index is -0.442. The van der Waals surface area contributed by atoms with Gasteiger partial charge in [0.1, 0.15) is 16.5 Å².